The van der Waals surface area contributed by atoms with Gasteiger partial charge in [-0.05, 0) is 18.6 Å². The fraction of sp³-hybridized carbons (Fsp3) is 0.182. The lowest BCUT2D eigenvalue weighted by Gasteiger charge is -2.07. The monoisotopic (exact) mass is 250 g/mol. The van der Waals surface area contributed by atoms with Crippen molar-refractivity contribution in [1.29, 1.82) is 0 Å². The highest BCUT2D eigenvalue weighted by molar-refractivity contribution is 6.30. The van der Waals surface area contributed by atoms with Crippen molar-refractivity contribution in [3.8, 4) is 17.1 Å². The minimum Gasteiger partial charge on any atom is -0.506 e. The Bertz CT molecular complexity index is 559. The number of nitrogens with one attached hydrogen (secondary N) is 1. The van der Waals surface area contributed by atoms with Crippen LogP contribution >= 0.6 is 11.6 Å². The molecule has 0 aliphatic carbocycles. The van der Waals surface area contributed by atoms with E-state index in [2.05, 4.69) is 20.5 Å². The first-order valence-corrected chi connectivity index (χ1v) is 5.36. The van der Waals surface area contributed by atoms with E-state index in [1.165, 1.54) is 12.3 Å². The number of anilines is 1. The fourth-order valence-electron chi connectivity index (χ4n) is 1.45. The predicted octanol–water partition coefficient (Wildman–Crippen LogP) is 2.25. The summed E-state index contributed by atoms with van der Waals surface area (Å²) in [4.78, 5) is 4.06. The van der Waals surface area contributed by atoms with Gasteiger partial charge in [-0.3, -0.25) is 0 Å². The molecule has 0 bridgehead atoms. The molecule has 0 atom stereocenters. The second-order valence-electron chi connectivity index (χ2n) is 3.53. The van der Waals surface area contributed by atoms with Crippen LogP contribution in [0.1, 0.15) is 5.56 Å². The number of aromatic hydroxyl groups is 1. The molecule has 2 aromatic heterocycles. The van der Waals surface area contributed by atoms with Crippen LogP contribution in [0.25, 0.3) is 11.4 Å². The van der Waals surface area contributed by atoms with E-state index >= 15 is 0 Å². The topological polar surface area (TPSA) is 70.9 Å². The van der Waals surface area contributed by atoms with Crippen LogP contribution in [0.5, 0.6) is 5.75 Å². The van der Waals surface area contributed by atoms with Crippen molar-refractivity contribution >= 4 is 17.4 Å². The van der Waals surface area contributed by atoms with Crippen molar-refractivity contribution < 1.29 is 5.11 Å². The van der Waals surface area contributed by atoms with Crippen LogP contribution in [0.3, 0.4) is 0 Å². The Balaban J connectivity index is 2.53. The molecule has 0 saturated carbocycles. The Morgan fingerprint density at radius 3 is 2.59 bits per heavy atom. The third kappa shape index (κ3) is 2.29. The first-order valence-electron chi connectivity index (χ1n) is 4.98. The van der Waals surface area contributed by atoms with Gasteiger partial charge in [0.05, 0.1) is 5.02 Å². The number of hydrogen-bond acceptors (Lipinski definition) is 5. The molecule has 0 amide bonds. The molecule has 17 heavy (non-hydrogen) atoms. The lowest BCUT2D eigenvalue weighted by molar-refractivity contribution is 0.474. The molecule has 0 fully saturated rings. The predicted molar refractivity (Wildman–Crippen MR) is 66.2 cm³/mol. The number of nitrogens with zero attached hydrogens (tertiary/aromatic N) is 3. The van der Waals surface area contributed by atoms with Crippen molar-refractivity contribution in [3.63, 3.8) is 0 Å². The van der Waals surface area contributed by atoms with Gasteiger partial charge in [-0.15, -0.1) is 10.2 Å². The van der Waals surface area contributed by atoms with E-state index in [0.717, 1.165) is 5.56 Å². The van der Waals surface area contributed by atoms with E-state index < -0.39 is 0 Å². The van der Waals surface area contributed by atoms with Crippen LogP contribution in [0.4, 0.5) is 5.82 Å². The van der Waals surface area contributed by atoms with E-state index in [4.69, 9.17) is 11.6 Å². The van der Waals surface area contributed by atoms with Gasteiger partial charge in [0.2, 0.25) is 0 Å². The second kappa shape index (κ2) is 4.55. The van der Waals surface area contributed by atoms with Gasteiger partial charge in [0.15, 0.2) is 0 Å². The van der Waals surface area contributed by atoms with Gasteiger partial charge in [0.25, 0.3) is 0 Å². The van der Waals surface area contributed by atoms with Gasteiger partial charge in [0.1, 0.15) is 23.0 Å². The van der Waals surface area contributed by atoms with Gasteiger partial charge < -0.3 is 10.4 Å². The van der Waals surface area contributed by atoms with Crippen LogP contribution in [-0.4, -0.2) is 27.3 Å². The van der Waals surface area contributed by atoms with E-state index in [9.17, 15) is 5.11 Å². The summed E-state index contributed by atoms with van der Waals surface area (Å²) in [5, 5.41) is 21.0. The molecule has 2 aromatic rings. The third-order valence-corrected chi connectivity index (χ3v) is 2.51. The second-order valence-corrected chi connectivity index (χ2v) is 3.97. The van der Waals surface area contributed by atoms with E-state index in [1.54, 1.807) is 7.05 Å². The van der Waals surface area contributed by atoms with Crippen LogP contribution in [0.2, 0.25) is 5.02 Å². The molecule has 0 aliphatic heterocycles. The van der Waals surface area contributed by atoms with Gasteiger partial charge in [-0.25, -0.2) is 4.98 Å². The van der Waals surface area contributed by atoms with Crippen molar-refractivity contribution in [2.24, 2.45) is 0 Å². The third-order valence-electron chi connectivity index (χ3n) is 2.30. The van der Waals surface area contributed by atoms with Crippen LogP contribution in [0, 0.1) is 6.92 Å². The zero-order chi connectivity index (χ0) is 12.4. The van der Waals surface area contributed by atoms with Crippen molar-refractivity contribution in [1.82, 2.24) is 15.2 Å². The number of aryl methyl sites for hydroxylation is 1. The minimum atomic E-state index is -0.00731. The first kappa shape index (κ1) is 11.6. The summed E-state index contributed by atoms with van der Waals surface area (Å²) in [6.07, 6.45) is 1.46. The Kier molecular flexibility index (Phi) is 3.10. The Labute approximate surface area is 103 Å². The summed E-state index contributed by atoms with van der Waals surface area (Å²) in [7, 11) is 1.77. The lowest BCUT2D eigenvalue weighted by Crippen LogP contribution is -1.99. The van der Waals surface area contributed by atoms with E-state index in [0.29, 0.717) is 22.2 Å². The van der Waals surface area contributed by atoms with Crippen LogP contribution < -0.4 is 5.32 Å². The molecule has 0 radical (unpaired) electrons. The molecule has 0 spiro atoms. The zero-order valence-electron chi connectivity index (χ0n) is 9.40. The molecular weight excluding hydrogens is 240 g/mol. The molecule has 0 aliphatic rings. The van der Waals surface area contributed by atoms with Crippen molar-refractivity contribution in [2.45, 2.75) is 6.92 Å². The molecular formula is C11H11ClN4O. The van der Waals surface area contributed by atoms with Gasteiger partial charge >= 0.3 is 0 Å². The quantitative estimate of drug-likeness (QED) is 0.855. The standard InChI is InChI=1S/C11H11ClN4O/c1-6-3-9(13-2)15-16-10(6)11-8(17)4-7(12)5-14-11/h3-5,17H,1-2H3,(H,13,15). The maximum atomic E-state index is 9.77. The molecule has 6 heteroatoms. The molecule has 0 aromatic carbocycles. The molecule has 2 heterocycles. The SMILES string of the molecule is CNc1cc(C)c(-c2ncc(Cl)cc2O)nn1. The smallest absolute Gasteiger partial charge is 0.148 e. The van der Waals surface area contributed by atoms with Crippen molar-refractivity contribution in [3.05, 3.63) is 28.9 Å². The molecule has 0 unspecified atom stereocenters. The highest BCUT2D eigenvalue weighted by atomic mass is 35.5. The first-order chi connectivity index (χ1) is 8.11. The Morgan fingerprint density at radius 2 is 2.00 bits per heavy atom. The molecule has 0 saturated heterocycles. The van der Waals surface area contributed by atoms with Crippen molar-refractivity contribution in [2.75, 3.05) is 12.4 Å². The molecule has 2 rings (SSSR count). The van der Waals surface area contributed by atoms with Crippen LogP contribution in [-0.2, 0) is 0 Å². The zero-order valence-corrected chi connectivity index (χ0v) is 10.2. The number of hydrogen-bond donors (Lipinski definition) is 2. The van der Waals surface area contributed by atoms with Crippen LogP contribution in [0.15, 0.2) is 18.3 Å². The summed E-state index contributed by atoms with van der Waals surface area (Å²) in [6, 6.07) is 3.26. The van der Waals surface area contributed by atoms with Gasteiger partial charge in [0, 0.05) is 19.3 Å². The average Bonchev–Trinajstić information content (AvgIpc) is 2.30. The molecule has 2 N–H and O–H groups in total. The Hall–Kier alpha value is -1.88. The maximum absolute atomic E-state index is 9.77. The summed E-state index contributed by atoms with van der Waals surface area (Å²) < 4.78 is 0. The number of rotatable bonds is 2. The number of aromatic nitrogens is 3. The van der Waals surface area contributed by atoms with E-state index in [1.807, 2.05) is 13.0 Å². The summed E-state index contributed by atoms with van der Waals surface area (Å²) in [5.41, 5.74) is 1.79. The number of halogens is 1. The van der Waals surface area contributed by atoms with E-state index in [-0.39, 0.29) is 5.75 Å². The summed E-state index contributed by atoms with van der Waals surface area (Å²) in [6.45, 7) is 1.88. The summed E-state index contributed by atoms with van der Waals surface area (Å²) >= 11 is 5.72. The normalized spacial score (nSPS) is 10.3. The van der Waals surface area contributed by atoms with Gasteiger partial charge in [-0.2, -0.15) is 0 Å². The number of pyridine rings is 1. The largest absolute Gasteiger partial charge is 0.506 e. The fourth-order valence-corrected chi connectivity index (χ4v) is 1.60. The highest BCUT2D eigenvalue weighted by Gasteiger charge is 2.12. The Morgan fingerprint density at radius 1 is 1.24 bits per heavy atom. The average molecular weight is 251 g/mol. The molecule has 88 valence electrons. The maximum Gasteiger partial charge on any atom is 0.148 e. The minimum absolute atomic E-state index is 0.00731. The lowest BCUT2D eigenvalue weighted by atomic mass is 10.1. The van der Waals surface area contributed by atoms with Gasteiger partial charge in [-0.1, -0.05) is 11.6 Å². The molecule has 5 nitrogen and oxygen atoms in total. The summed E-state index contributed by atoms with van der Waals surface area (Å²) in [5.74, 6) is 0.659. The highest BCUT2D eigenvalue weighted by Crippen LogP contribution is 2.29.